The second-order valence-corrected chi connectivity index (χ2v) is 5.87. The summed E-state index contributed by atoms with van der Waals surface area (Å²) >= 11 is 0. The largest absolute Gasteiger partial charge is 0.489 e. The molecule has 0 amide bonds. The van der Waals surface area contributed by atoms with Crippen LogP contribution < -0.4 is 10.1 Å². The molecule has 0 aliphatic rings. The van der Waals surface area contributed by atoms with Gasteiger partial charge in [-0.15, -0.1) is 0 Å². The molecule has 1 heterocycles. The molecule has 0 saturated heterocycles. The molecule has 0 atom stereocenters. The van der Waals surface area contributed by atoms with Crippen molar-refractivity contribution in [3.05, 3.63) is 83.9 Å². The Balaban J connectivity index is 1.61. The molecule has 6 heteroatoms. The first-order valence-corrected chi connectivity index (χ1v) is 8.27. The predicted molar refractivity (Wildman–Crippen MR) is 98.4 cm³/mol. The number of halogens is 1. The highest BCUT2D eigenvalue weighted by Crippen LogP contribution is 2.29. The van der Waals surface area contributed by atoms with E-state index in [4.69, 9.17) is 4.74 Å². The Bertz CT molecular complexity index is 1000. The molecular formula is C20H17FN4O. The van der Waals surface area contributed by atoms with E-state index in [2.05, 4.69) is 32.6 Å². The maximum Gasteiger partial charge on any atom is 0.218 e. The zero-order chi connectivity index (χ0) is 17.8. The molecule has 0 spiro atoms. The Morgan fingerprint density at radius 3 is 2.65 bits per heavy atom. The van der Waals surface area contributed by atoms with E-state index in [9.17, 15) is 4.39 Å². The van der Waals surface area contributed by atoms with Crippen molar-refractivity contribution in [2.24, 2.45) is 0 Å². The fourth-order valence-electron chi connectivity index (χ4n) is 2.84. The van der Waals surface area contributed by atoms with Gasteiger partial charge in [-0.1, -0.05) is 42.5 Å². The molecule has 3 aromatic carbocycles. The van der Waals surface area contributed by atoms with E-state index < -0.39 is 0 Å². The second kappa shape index (κ2) is 7.23. The quantitative estimate of drug-likeness (QED) is 0.546. The summed E-state index contributed by atoms with van der Waals surface area (Å²) < 4.78 is 19.1. The van der Waals surface area contributed by atoms with Crippen molar-refractivity contribution in [3.8, 4) is 5.75 Å². The molecule has 0 aliphatic heterocycles. The highest BCUT2D eigenvalue weighted by Gasteiger charge is 2.10. The maximum atomic E-state index is 13.1. The van der Waals surface area contributed by atoms with Gasteiger partial charge in [0.25, 0.3) is 0 Å². The summed E-state index contributed by atoms with van der Waals surface area (Å²) in [6.07, 6.45) is 1.46. The molecule has 4 rings (SSSR count). The van der Waals surface area contributed by atoms with E-state index in [1.807, 2.05) is 24.3 Å². The van der Waals surface area contributed by atoms with Crippen molar-refractivity contribution in [1.29, 1.82) is 0 Å². The molecule has 4 aromatic rings. The van der Waals surface area contributed by atoms with Gasteiger partial charge in [0.2, 0.25) is 5.95 Å². The average molecular weight is 348 g/mol. The van der Waals surface area contributed by atoms with E-state index in [1.165, 1.54) is 18.5 Å². The normalized spacial score (nSPS) is 10.8. The monoisotopic (exact) mass is 348 g/mol. The van der Waals surface area contributed by atoms with Crippen molar-refractivity contribution in [2.75, 3.05) is 5.32 Å². The van der Waals surface area contributed by atoms with Crippen molar-refractivity contribution in [2.45, 2.75) is 13.2 Å². The third-order valence-corrected chi connectivity index (χ3v) is 4.15. The Morgan fingerprint density at radius 1 is 1.00 bits per heavy atom. The lowest BCUT2D eigenvalue weighted by Gasteiger charge is -2.15. The summed E-state index contributed by atoms with van der Waals surface area (Å²) in [5.41, 5.74) is 1.94. The van der Waals surface area contributed by atoms with Crippen LogP contribution in [0.4, 0.5) is 10.3 Å². The van der Waals surface area contributed by atoms with Gasteiger partial charge in [-0.2, -0.15) is 5.10 Å². The molecule has 130 valence electrons. The molecule has 0 unspecified atom stereocenters. The van der Waals surface area contributed by atoms with Crippen LogP contribution in [0, 0.1) is 5.82 Å². The summed E-state index contributed by atoms with van der Waals surface area (Å²) in [6, 6.07) is 18.5. The van der Waals surface area contributed by atoms with Gasteiger partial charge in [-0.05, 0) is 34.5 Å². The van der Waals surface area contributed by atoms with Crippen LogP contribution in [0.5, 0.6) is 5.75 Å². The molecule has 0 fully saturated rings. The first-order chi connectivity index (χ1) is 12.8. The Morgan fingerprint density at radius 2 is 1.85 bits per heavy atom. The number of H-pyrrole nitrogens is 1. The lowest BCUT2D eigenvalue weighted by Crippen LogP contribution is -2.05. The van der Waals surface area contributed by atoms with Crippen LogP contribution in [0.15, 0.2) is 67.0 Å². The number of hydrogen-bond acceptors (Lipinski definition) is 4. The van der Waals surface area contributed by atoms with Crippen molar-refractivity contribution < 1.29 is 9.13 Å². The topological polar surface area (TPSA) is 62.8 Å². The van der Waals surface area contributed by atoms with Crippen molar-refractivity contribution >= 4 is 16.7 Å². The third kappa shape index (κ3) is 3.49. The van der Waals surface area contributed by atoms with Gasteiger partial charge < -0.3 is 10.1 Å². The minimum Gasteiger partial charge on any atom is -0.489 e. The minimum atomic E-state index is -0.253. The number of fused-ring (bicyclic) bond motifs is 1. The molecule has 0 bridgehead atoms. The van der Waals surface area contributed by atoms with Gasteiger partial charge in [-0.3, -0.25) is 0 Å². The van der Waals surface area contributed by atoms with E-state index >= 15 is 0 Å². The number of rotatable bonds is 6. The van der Waals surface area contributed by atoms with Crippen LogP contribution in [0.1, 0.15) is 11.1 Å². The molecule has 5 nitrogen and oxygen atoms in total. The molecule has 2 N–H and O–H groups in total. The number of nitrogens with zero attached hydrogens (tertiary/aromatic N) is 2. The van der Waals surface area contributed by atoms with E-state index in [0.29, 0.717) is 19.1 Å². The number of aromatic nitrogens is 3. The predicted octanol–water partition coefficient (Wildman–Crippen LogP) is 4.29. The standard InChI is InChI=1S/C20H17FN4O/c21-16-8-5-14(6-9-16)12-26-19-10-7-15-3-1-2-4-17(15)18(19)11-22-20-23-13-24-25-20/h1-10,13H,11-12H2,(H2,22,23,24,25). The zero-order valence-corrected chi connectivity index (χ0v) is 13.9. The molecule has 0 radical (unpaired) electrons. The van der Waals surface area contributed by atoms with Gasteiger partial charge in [0.15, 0.2) is 0 Å². The van der Waals surface area contributed by atoms with Crippen LogP contribution in [0.2, 0.25) is 0 Å². The van der Waals surface area contributed by atoms with Crippen LogP contribution in [-0.4, -0.2) is 15.2 Å². The van der Waals surface area contributed by atoms with Gasteiger partial charge in [0, 0.05) is 12.1 Å². The lowest BCUT2D eigenvalue weighted by atomic mass is 10.0. The smallest absolute Gasteiger partial charge is 0.218 e. The second-order valence-electron chi connectivity index (χ2n) is 5.87. The fraction of sp³-hybridized carbons (Fsp3) is 0.100. The molecular weight excluding hydrogens is 331 g/mol. The van der Waals surface area contributed by atoms with Gasteiger partial charge in [0.1, 0.15) is 24.5 Å². The number of anilines is 1. The zero-order valence-electron chi connectivity index (χ0n) is 13.9. The summed E-state index contributed by atoms with van der Waals surface area (Å²) in [7, 11) is 0. The van der Waals surface area contributed by atoms with Gasteiger partial charge in [-0.25, -0.2) is 14.5 Å². The Kier molecular flexibility index (Phi) is 4.47. The number of ether oxygens (including phenoxy) is 1. The molecule has 0 aliphatic carbocycles. The average Bonchev–Trinajstić information content (AvgIpc) is 3.19. The third-order valence-electron chi connectivity index (χ3n) is 4.15. The van der Waals surface area contributed by atoms with Crippen LogP contribution in [-0.2, 0) is 13.2 Å². The summed E-state index contributed by atoms with van der Waals surface area (Å²) in [6.45, 7) is 0.906. The van der Waals surface area contributed by atoms with E-state index in [0.717, 1.165) is 27.6 Å². The number of hydrogen-bond donors (Lipinski definition) is 2. The van der Waals surface area contributed by atoms with Crippen LogP contribution >= 0.6 is 0 Å². The van der Waals surface area contributed by atoms with E-state index in [1.54, 1.807) is 12.1 Å². The molecule has 1 aromatic heterocycles. The molecule has 26 heavy (non-hydrogen) atoms. The maximum absolute atomic E-state index is 13.1. The highest BCUT2D eigenvalue weighted by molar-refractivity contribution is 5.88. The minimum absolute atomic E-state index is 0.253. The first kappa shape index (κ1) is 16.1. The van der Waals surface area contributed by atoms with Crippen molar-refractivity contribution in [1.82, 2.24) is 15.2 Å². The lowest BCUT2D eigenvalue weighted by molar-refractivity contribution is 0.303. The van der Waals surface area contributed by atoms with E-state index in [-0.39, 0.29) is 5.82 Å². The number of nitrogens with one attached hydrogen (secondary N) is 2. The highest BCUT2D eigenvalue weighted by atomic mass is 19.1. The Labute approximate surface area is 149 Å². The van der Waals surface area contributed by atoms with Crippen LogP contribution in [0.3, 0.4) is 0 Å². The fourth-order valence-corrected chi connectivity index (χ4v) is 2.84. The first-order valence-electron chi connectivity index (χ1n) is 8.27. The van der Waals surface area contributed by atoms with Gasteiger partial charge in [0.05, 0.1) is 0 Å². The number of aromatic amines is 1. The van der Waals surface area contributed by atoms with Crippen LogP contribution in [0.25, 0.3) is 10.8 Å². The van der Waals surface area contributed by atoms with Gasteiger partial charge >= 0.3 is 0 Å². The summed E-state index contributed by atoms with van der Waals surface area (Å²) in [4.78, 5) is 4.09. The summed E-state index contributed by atoms with van der Waals surface area (Å²) in [5.74, 6) is 1.12. The molecule has 0 saturated carbocycles. The van der Waals surface area contributed by atoms with Crippen molar-refractivity contribution in [3.63, 3.8) is 0 Å². The summed E-state index contributed by atoms with van der Waals surface area (Å²) in [5, 5.41) is 12.1. The number of benzene rings is 3. The Hall–Kier alpha value is -3.41. The SMILES string of the molecule is Fc1ccc(COc2ccc3ccccc3c2CNc2ncn[nH]2)cc1.